The van der Waals surface area contributed by atoms with Gasteiger partial charge < -0.3 is 35.3 Å². The Bertz CT molecular complexity index is 274. The van der Waals surface area contributed by atoms with E-state index in [4.69, 9.17) is 14.9 Å². The molecule has 3 unspecified atom stereocenters. The number of aliphatic hydroxyl groups excluding tert-OH is 5. The van der Waals surface area contributed by atoms with Crippen LogP contribution in [0.5, 0.6) is 0 Å². The number of aliphatic hydroxyl groups is 5. The highest BCUT2D eigenvalue weighted by Crippen LogP contribution is 2.41. The van der Waals surface area contributed by atoms with Gasteiger partial charge in [-0.2, -0.15) is 0 Å². The van der Waals surface area contributed by atoms with E-state index in [9.17, 15) is 25.0 Å². The average Bonchev–Trinajstić information content (AvgIpc) is 2.17. The fraction of sp³-hybridized carbons (Fsp3) is 1.00. The summed E-state index contributed by atoms with van der Waals surface area (Å²) < 4.78 is 14.5. The van der Waals surface area contributed by atoms with Gasteiger partial charge in [-0.3, -0.25) is 4.52 Å². The third kappa shape index (κ3) is 2.77. The molecule has 1 aliphatic carbocycles. The Morgan fingerprint density at radius 1 is 0.750 bits per heavy atom. The number of hydrogen-bond acceptors (Lipinski definition) is 7. The van der Waals surface area contributed by atoms with Crippen molar-refractivity contribution >= 4 is 7.82 Å². The van der Waals surface area contributed by atoms with Gasteiger partial charge in [0.05, 0.1) is 0 Å². The number of hydrogen-bond donors (Lipinski definition) is 7. The maximum atomic E-state index is 10.5. The topological polar surface area (TPSA) is 168 Å². The van der Waals surface area contributed by atoms with Gasteiger partial charge in [0.15, 0.2) is 0 Å². The fourth-order valence-corrected chi connectivity index (χ4v) is 2.05. The van der Waals surface area contributed by atoms with Crippen molar-refractivity contribution in [1.29, 1.82) is 0 Å². The summed E-state index contributed by atoms with van der Waals surface area (Å²) in [5.74, 6) is 0. The molecule has 96 valence electrons. The van der Waals surface area contributed by atoms with Crippen molar-refractivity contribution in [2.45, 2.75) is 36.6 Å². The van der Waals surface area contributed by atoms with Crippen LogP contribution >= 0.6 is 7.82 Å². The third-order valence-electron chi connectivity index (χ3n) is 2.33. The first-order valence-corrected chi connectivity index (χ1v) is 5.82. The summed E-state index contributed by atoms with van der Waals surface area (Å²) in [5, 5.41) is 46.1. The van der Waals surface area contributed by atoms with E-state index in [1.54, 1.807) is 0 Å². The van der Waals surface area contributed by atoms with Crippen molar-refractivity contribution in [2.75, 3.05) is 0 Å². The molecule has 9 nitrogen and oxygen atoms in total. The maximum absolute atomic E-state index is 10.5. The quantitative estimate of drug-likeness (QED) is 0.247. The van der Waals surface area contributed by atoms with E-state index < -0.39 is 44.4 Å². The molecule has 1 aliphatic rings. The van der Waals surface area contributed by atoms with Gasteiger partial charge in [0.1, 0.15) is 36.6 Å². The lowest BCUT2D eigenvalue weighted by Crippen LogP contribution is -2.64. The molecule has 10 heteroatoms. The standard InChI is InChI=1S/C6H13O9P/c7-1-2(8)4(10)6(5(11)3(1)9)15-16(12,13)14/h1-11H,(H2,12,13,14)/t1?,2-,3?,4-,5+,6?/m1/s1. The highest BCUT2D eigenvalue weighted by Gasteiger charge is 2.50. The lowest BCUT2D eigenvalue weighted by molar-refractivity contribution is -0.219. The zero-order valence-electron chi connectivity index (χ0n) is 7.86. The van der Waals surface area contributed by atoms with Gasteiger partial charge in [-0.1, -0.05) is 0 Å². The summed E-state index contributed by atoms with van der Waals surface area (Å²) in [6.07, 6.45) is -11.3. The van der Waals surface area contributed by atoms with Crippen molar-refractivity contribution in [3.63, 3.8) is 0 Å². The number of phosphoric ester groups is 1. The van der Waals surface area contributed by atoms with E-state index in [1.807, 2.05) is 0 Å². The van der Waals surface area contributed by atoms with E-state index in [-0.39, 0.29) is 0 Å². The van der Waals surface area contributed by atoms with Crippen LogP contribution in [-0.4, -0.2) is 71.9 Å². The largest absolute Gasteiger partial charge is 0.470 e. The molecular formula is C6H13O9P. The van der Waals surface area contributed by atoms with Gasteiger partial charge in [-0.15, -0.1) is 0 Å². The Labute approximate surface area is 89.8 Å². The lowest BCUT2D eigenvalue weighted by Gasteiger charge is -2.41. The van der Waals surface area contributed by atoms with Crippen LogP contribution in [0.1, 0.15) is 0 Å². The van der Waals surface area contributed by atoms with Gasteiger partial charge in [0, 0.05) is 0 Å². The molecule has 1 fully saturated rings. The first-order chi connectivity index (χ1) is 7.15. The second-order valence-electron chi connectivity index (χ2n) is 3.51. The molecule has 1 saturated carbocycles. The Kier molecular flexibility index (Phi) is 4.06. The predicted octanol–water partition coefficient (Wildman–Crippen LogP) is -3.72. The van der Waals surface area contributed by atoms with Gasteiger partial charge in [-0.25, -0.2) is 4.57 Å². The molecule has 0 saturated heterocycles. The van der Waals surface area contributed by atoms with E-state index in [2.05, 4.69) is 4.52 Å². The van der Waals surface area contributed by atoms with Gasteiger partial charge in [-0.05, 0) is 0 Å². The molecule has 0 radical (unpaired) electrons. The molecule has 0 bridgehead atoms. The molecule has 0 aromatic carbocycles. The monoisotopic (exact) mass is 260 g/mol. The van der Waals surface area contributed by atoms with Crippen LogP contribution in [0.3, 0.4) is 0 Å². The molecule has 1 rings (SSSR count). The van der Waals surface area contributed by atoms with E-state index in [0.29, 0.717) is 0 Å². The second-order valence-corrected chi connectivity index (χ2v) is 4.71. The third-order valence-corrected chi connectivity index (χ3v) is 2.85. The van der Waals surface area contributed by atoms with E-state index in [1.165, 1.54) is 0 Å². The van der Waals surface area contributed by atoms with Crippen molar-refractivity contribution in [1.82, 2.24) is 0 Å². The van der Waals surface area contributed by atoms with Crippen LogP contribution in [0.15, 0.2) is 0 Å². The van der Waals surface area contributed by atoms with Crippen LogP contribution < -0.4 is 0 Å². The molecule has 0 aromatic heterocycles. The van der Waals surface area contributed by atoms with Crippen LogP contribution in [-0.2, 0) is 9.09 Å². The normalized spacial score (nSPS) is 45.7. The highest BCUT2D eigenvalue weighted by atomic mass is 31.2. The second kappa shape index (κ2) is 4.65. The minimum Gasteiger partial charge on any atom is -0.387 e. The smallest absolute Gasteiger partial charge is 0.387 e. The first kappa shape index (κ1) is 14.0. The molecule has 0 aromatic rings. The molecule has 7 N–H and O–H groups in total. The fourth-order valence-electron chi connectivity index (χ4n) is 1.48. The van der Waals surface area contributed by atoms with E-state index >= 15 is 0 Å². The minimum atomic E-state index is -5.01. The Balaban J connectivity index is 2.87. The summed E-state index contributed by atoms with van der Waals surface area (Å²) in [7, 11) is -5.01. The van der Waals surface area contributed by atoms with Crippen LogP contribution in [0.25, 0.3) is 0 Å². The van der Waals surface area contributed by atoms with Crippen LogP contribution in [0.2, 0.25) is 0 Å². The summed E-state index contributed by atoms with van der Waals surface area (Å²) in [6.45, 7) is 0. The van der Waals surface area contributed by atoms with Crippen LogP contribution in [0, 0.1) is 0 Å². The van der Waals surface area contributed by atoms with Gasteiger partial charge >= 0.3 is 7.82 Å². The molecular weight excluding hydrogens is 247 g/mol. The Morgan fingerprint density at radius 2 is 1.06 bits per heavy atom. The maximum Gasteiger partial charge on any atom is 0.470 e. The molecule has 6 atom stereocenters. The molecule has 0 heterocycles. The zero-order chi connectivity index (χ0) is 12.7. The minimum absolute atomic E-state index is 1.83. The lowest BCUT2D eigenvalue weighted by atomic mass is 9.85. The van der Waals surface area contributed by atoms with Crippen LogP contribution in [0.4, 0.5) is 0 Å². The van der Waals surface area contributed by atoms with Gasteiger partial charge in [0.25, 0.3) is 0 Å². The Hall–Kier alpha value is -0.0900. The molecule has 0 spiro atoms. The van der Waals surface area contributed by atoms with Crippen molar-refractivity contribution in [3.8, 4) is 0 Å². The Morgan fingerprint density at radius 3 is 1.38 bits per heavy atom. The number of rotatable bonds is 2. The average molecular weight is 260 g/mol. The number of phosphoric acid groups is 1. The molecule has 0 amide bonds. The highest BCUT2D eigenvalue weighted by molar-refractivity contribution is 7.46. The van der Waals surface area contributed by atoms with E-state index in [0.717, 1.165) is 0 Å². The predicted molar refractivity (Wildman–Crippen MR) is 47.0 cm³/mol. The summed E-state index contributed by atoms with van der Waals surface area (Å²) in [5.41, 5.74) is 0. The molecule has 0 aliphatic heterocycles. The first-order valence-electron chi connectivity index (χ1n) is 4.29. The van der Waals surface area contributed by atoms with Crippen molar-refractivity contribution in [3.05, 3.63) is 0 Å². The zero-order valence-corrected chi connectivity index (χ0v) is 8.75. The summed E-state index contributed by atoms with van der Waals surface area (Å²) >= 11 is 0. The molecule has 16 heavy (non-hydrogen) atoms. The van der Waals surface area contributed by atoms with Gasteiger partial charge in [0.2, 0.25) is 0 Å². The SMILES string of the molecule is O=P(O)(O)OC1[C@@H](O)C(O)C(O)[C@@H](O)[C@H]1O. The van der Waals surface area contributed by atoms with Crippen molar-refractivity contribution < 1.29 is 44.4 Å². The van der Waals surface area contributed by atoms with Crippen molar-refractivity contribution in [2.24, 2.45) is 0 Å². The summed E-state index contributed by atoms with van der Waals surface area (Å²) in [6, 6.07) is 0. The summed E-state index contributed by atoms with van der Waals surface area (Å²) in [4.78, 5) is 17.0.